The maximum Gasteiger partial charge on any atom is 0.224 e. The van der Waals surface area contributed by atoms with E-state index in [0.29, 0.717) is 6.42 Å². The molecule has 1 amide bonds. The Balaban J connectivity index is 1.73. The molecule has 4 nitrogen and oxygen atoms in total. The van der Waals surface area contributed by atoms with Gasteiger partial charge in [0.2, 0.25) is 5.91 Å². The van der Waals surface area contributed by atoms with Gasteiger partial charge in [0.1, 0.15) is 11.5 Å². The summed E-state index contributed by atoms with van der Waals surface area (Å²) in [5.74, 6) is 2.38. The Morgan fingerprint density at radius 1 is 1.17 bits per heavy atom. The van der Waals surface area contributed by atoms with Crippen LogP contribution in [0.1, 0.15) is 50.5 Å². The van der Waals surface area contributed by atoms with Gasteiger partial charge in [0.25, 0.3) is 0 Å². The summed E-state index contributed by atoms with van der Waals surface area (Å²) in [6, 6.07) is 5.54. The maximum atomic E-state index is 12.1. The summed E-state index contributed by atoms with van der Waals surface area (Å²) in [5.41, 5.74) is 0.858. The Morgan fingerprint density at radius 3 is 2.65 bits per heavy atom. The van der Waals surface area contributed by atoms with Gasteiger partial charge in [0.15, 0.2) is 0 Å². The van der Waals surface area contributed by atoms with E-state index in [0.717, 1.165) is 35.9 Å². The zero-order valence-corrected chi connectivity index (χ0v) is 14.4. The van der Waals surface area contributed by atoms with E-state index in [1.165, 1.54) is 38.5 Å². The molecule has 1 aromatic rings. The van der Waals surface area contributed by atoms with Gasteiger partial charge in [-0.1, -0.05) is 32.1 Å². The van der Waals surface area contributed by atoms with Crippen molar-refractivity contribution in [2.75, 3.05) is 20.8 Å². The molecule has 1 fully saturated rings. The van der Waals surface area contributed by atoms with E-state index in [9.17, 15) is 4.79 Å². The van der Waals surface area contributed by atoms with Crippen molar-refractivity contribution in [2.45, 2.75) is 51.4 Å². The molecule has 1 saturated carbocycles. The van der Waals surface area contributed by atoms with E-state index < -0.39 is 0 Å². The van der Waals surface area contributed by atoms with Crippen molar-refractivity contribution < 1.29 is 14.3 Å². The van der Waals surface area contributed by atoms with Gasteiger partial charge in [0.05, 0.1) is 20.6 Å². The van der Waals surface area contributed by atoms with Crippen molar-refractivity contribution in [1.82, 2.24) is 5.32 Å². The lowest BCUT2D eigenvalue weighted by Crippen LogP contribution is -2.26. The first-order chi connectivity index (χ1) is 11.2. The van der Waals surface area contributed by atoms with Crippen LogP contribution < -0.4 is 14.8 Å². The van der Waals surface area contributed by atoms with Crippen LogP contribution in [0, 0.1) is 5.92 Å². The highest BCUT2D eigenvalue weighted by Crippen LogP contribution is 2.27. The van der Waals surface area contributed by atoms with Crippen LogP contribution in [0.4, 0.5) is 0 Å². The summed E-state index contributed by atoms with van der Waals surface area (Å²) in [6.45, 7) is 0.765. The summed E-state index contributed by atoms with van der Waals surface area (Å²) >= 11 is 0. The van der Waals surface area contributed by atoms with Crippen LogP contribution in [0.25, 0.3) is 0 Å². The summed E-state index contributed by atoms with van der Waals surface area (Å²) in [5, 5.41) is 3.02. The molecule has 1 N–H and O–H groups in total. The predicted octanol–water partition coefficient (Wildman–Crippen LogP) is 3.72. The van der Waals surface area contributed by atoms with Gasteiger partial charge in [-0.15, -0.1) is 0 Å². The minimum atomic E-state index is 0.0418. The molecule has 1 aromatic carbocycles. The number of benzene rings is 1. The molecule has 23 heavy (non-hydrogen) atoms. The smallest absolute Gasteiger partial charge is 0.224 e. The Labute approximate surface area is 139 Å². The molecule has 0 saturated heterocycles. The van der Waals surface area contributed by atoms with Crippen molar-refractivity contribution in [2.24, 2.45) is 5.92 Å². The van der Waals surface area contributed by atoms with Crippen LogP contribution in [0.3, 0.4) is 0 Å². The molecule has 1 aliphatic rings. The lowest BCUT2D eigenvalue weighted by atomic mass is 9.86. The number of hydrogen-bond acceptors (Lipinski definition) is 3. The zero-order valence-electron chi connectivity index (χ0n) is 14.4. The van der Waals surface area contributed by atoms with Gasteiger partial charge < -0.3 is 14.8 Å². The third-order valence-corrected chi connectivity index (χ3v) is 4.67. The van der Waals surface area contributed by atoms with Gasteiger partial charge in [-0.3, -0.25) is 4.79 Å². The van der Waals surface area contributed by atoms with E-state index in [2.05, 4.69) is 5.32 Å². The Bertz CT molecular complexity index is 495. The Morgan fingerprint density at radius 2 is 1.96 bits per heavy atom. The minimum absolute atomic E-state index is 0.0418. The molecule has 0 aliphatic heterocycles. The highest BCUT2D eigenvalue weighted by molar-refractivity contribution is 5.79. The average molecular weight is 319 g/mol. The number of carbonyl (C=O) groups excluding carboxylic acids is 1. The molecular formula is C19H29NO3. The largest absolute Gasteiger partial charge is 0.497 e. The lowest BCUT2D eigenvalue weighted by molar-refractivity contribution is -0.120. The van der Waals surface area contributed by atoms with Crippen LogP contribution in [0.15, 0.2) is 18.2 Å². The molecule has 0 unspecified atom stereocenters. The van der Waals surface area contributed by atoms with E-state index in [1.54, 1.807) is 14.2 Å². The number of nitrogens with one attached hydrogen (secondary N) is 1. The molecule has 2 rings (SSSR count). The topological polar surface area (TPSA) is 47.6 Å². The lowest BCUT2D eigenvalue weighted by Gasteiger charge is -2.21. The van der Waals surface area contributed by atoms with Gasteiger partial charge in [-0.05, 0) is 37.0 Å². The van der Waals surface area contributed by atoms with E-state index >= 15 is 0 Å². The Kier molecular flexibility index (Phi) is 7.24. The van der Waals surface area contributed by atoms with E-state index in [1.807, 2.05) is 18.2 Å². The van der Waals surface area contributed by atoms with E-state index in [4.69, 9.17) is 9.47 Å². The SMILES string of the molecule is COc1ccc(OC)c(CC(=O)NCCCC2CCCCC2)c1. The van der Waals surface area contributed by atoms with Gasteiger partial charge in [-0.25, -0.2) is 0 Å². The summed E-state index contributed by atoms with van der Waals surface area (Å²) < 4.78 is 10.5. The molecule has 4 heteroatoms. The van der Waals surface area contributed by atoms with Crippen molar-refractivity contribution in [1.29, 1.82) is 0 Å². The van der Waals surface area contributed by atoms with Crippen molar-refractivity contribution in [3.63, 3.8) is 0 Å². The number of carbonyl (C=O) groups is 1. The third kappa shape index (κ3) is 5.77. The average Bonchev–Trinajstić information content (AvgIpc) is 2.59. The van der Waals surface area contributed by atoms with Crippen molar-refractivity contribution in [3.05, 3.63) is 23.8 Å². The second kappa shape index (κ2) is 9.43. The molecule has 128 valence electrons. The van der Waals surface area contributed by atoms with Crippen LogP contribution in [0.5, 0.6) is 11.5 Å². The number of methoxy groups -OCH3 is 2. The first kappa shape index (κ1) is 17.6. The second-order valence-corrected chi connectivity index (χ2v) is 6.35. The van der Waals surface area contributed by atoms with Crippen LogP contribution in [0.2, 0.25) is 0 Å². The second-order valence-electron chi connectivity index (χ2n) is 6.35. The molecule has 1 aliphatic carbocycles. The van der Waals surface area contributed by atoms with Crippen LogP contribution in [-0.4, -0.2) is 26.7 Å². The molecular weight excluding hydrogens is 290 g/mol. The van der Waals surface area contributed by atoms with Crippen LogP contribution >= 0.6 is 0 Å². The summed E-state index contributed by atoms with van der Waals surface area (Å²) in [6.07, 6.45) is 9.54. The summed E-state index contributed by atoms with van der Waals surface area (Å²) in [4.78, 5) is 12.1. The molecule has 0 heterocycles. The number of amides is 1. The molecule has 0 radical (unpaired) electrons. The molecule has 0 aromatic heterocycles. The molecule has 0 atom stereocenters. The zero-order chi connectivity index (χ0) is 16.5. The third-order valence-electron chi connectivity index (χ3n) is 4.67. The van der Waals surface area contributed by atoms with E-state index in [-0.39, 0.29) is 5.91 Å². The standard InChI is InChI=1S/C19H29NO3/c1-22-17-10-11-18(23-2)16(13-17)14-19(21)20-12-6-9-15-7-4-3-5-8-15/h10-11,13,15H,3-9,12,14H2,1-2H3,(H,20,21). The van der Waals surface area contributed by atoms with Gasteiger partial charge in [-0.2, -0.15) is 0 Å². The molecule has 0 bridgehead atoms. The number of hydrogen-bond donors (Lipinski definition) is 1. The number of ether oxygens (including phenoxy) is 2. The Hall–Kier alpha value is -1.71. The monoisotopic (exact) mass is 319 g/mol. The fourth-order valence-corrected chi connectivity index (χ4v) is 3.35. The quantitative estimate of drug-likeness (QED) is 0.743. The first-order valence-electron chi connectivity index (χ1n) is 8.70. The van der Waals surface area contributed by atoms with Crippen LogP contribution in [-0.2, 0) is 11.2 Å². The predicted molar refractivity (Wildman–Crippen MR) is 92.1 cm³/mol. The van der Waals surface area contributed by atoms with Crippen molar-refractivity contribution >= 4 is 5.91 Å². The maximum absolute atomic E-state index is 12.1. The van der Waals surface area contributed by atoms with Gasteiger partial charge >= 0.3 is 0 Å². The van der Waals surface area contributed by atoms with Gasteiger partial charge in [0, 0.05) is 12.1 Å². The van der Waals surface area contributed by atoms with Crippen molar-refractivity contribution in [3.8, 4) is 11.5 Å². The highest BCUT2D eigenvalue weighted by Gasteiger charge is 2.13. The number of rotatable bonds is 8. The normalized spacial score (nSPS) is 15.2. The fraction of sp³-hybridized carbons (Fsp3) is 0.632. The minimum Gasteiger partial charge on any atom is -0.497 e. The first-order valence-corrected chi connectivity index (χ1v) is 8.70. The highest BCUT2D eigenvalue weighted by atomic mass is 16.5. The fourth-order valence-electron chi connectivity index (χ4n) is 3.35. The summed E-state index contributed by atoms with van der Waals surface area (Å²) in [7, 11) is 3.24. The molecule has 0 spiro atoms.